The van der Waals surface area contributed by atoms with Gasteiger partial charge in [-0.05, 0) is 50.3 Å². The van der Waals surface area contributed by atoms with Crippen molar-refractivity contribution in [2.45, 2.75) is 51.0 Å². The van der Waals surface area contributed by atoms with E-state index in [0.29, 0.717) is 18.4 Å². The third kappa shape index (κ3) is 3.45. The van der Waals surface area contributed by atoms with Gasteiger partial charge in [-0.15, -0.1) is 0 Å². The maximum Gasteiger partial charge on any atom is 0.319 e. The minimum absolute atomic E-state index is 0.160. The van der Waals surface area contributed by atoms with E-state index in [0.717, 1.165) is 17.8 Å². The van der Waals surface area contributed by atoms with Gasteiger partial charge in [-0.3, -0.25) is 4.68 Å². The fourth-order valence-corrected chi connectivity index (χ4v) is 3.07. The van der Waals surface area contributed by atoms with Crippen LogP contribution in [0, 0.1) is 6.92 Å². The van der Waals surface area contributed by atoms with Crippen LogP contribution in [0.1, 0.15) is 54.5 Å². The molecule has 5 heteroatoms. The highest BCUT2D eigenvalue weighted by molar-refractivity contribution is 5.89. The number of rotatable bonds is 6. The molecule has 4 rings (SSSR count). The molecule has 2 saturated carbocycles. The number of hydrogen-bond acceptors (Lipinski definition) is 2. The van der Waals surface area contributed by atoms with Gasteiger partial charge in [0.15, 0.2) is 0 Å². The van der Waals surface area contributed by atoms with Gasteiger partial charge in [0.2, 0.25) is 0 Å². The molecule has 0 bridgehead atoms. The van der Waals surface area contributed by atoms with E-state index < -0.39 is 0 Å². The Balaban J connectivity index is 1.32. The maximum absolute atomic E-state index is 12.1. The normalized spacial score (nSPS) is 16.9. The molecule has 0 saturated heterocycles. The first kappa shape index (κ1) is 15.2. The Morgan fingerprint density at radius 3 is 2.67 bits per heavy atom. The van der Waals surface area contributed by atoms with Crippen molar-refractivity contribution in [2.24, 2.45) is 0 Å². The van der Waals surface area contributed by atoms with E-state index in [4.69, 9.17) is 5.10 Å². The summed E-state index contributed by atoms with van der Waals surface area (Å²) in [5.41, 5.74) is 4.52. The molecule has 2 amide bonds. The number of carbonyl (C=O) groups is 1. The van der Waals surface area contributed by atoms with E-state index in [1.54, 1.807) is 0 Å². The number of aromatic nitrogens is 2. The van der Waals surface area contributed by atoms with Crippen LogP contribution in [0.2, 0.25) is 0 Å². The van der Waals surface area contributed by atoms with Crippen LogP contribution in [0.15, 0.2) is 30.3 Å². The van der Waals surface area contributed by atoms with Crippen LogP contribution in [-0.4, -0.2) is 22.4 Å². The van der Waals surface area contributed by atoms with Crippen molar-refractivity contribution in [1.82, 2.24) is 15.1 Å². The number of nitrogens with one attached hydrogen (secondary N) is 2. The lowest BCUT2D eigenvalue weighted by Gasteiger charge is -2.11. The lowest BCUT2D eigenvalue weighted by atomic mass is 10.2. The maximum atomic E-state index is 12.1. The predicted molar refractivity (Wildman–Crippen MR) is 94.4 cm³/mol. The summed E-state index contributed by atoms with van der Waals surface area (Å²) in [4.78, 5) is 12.1. The molecule has 1 heterocycles. The van der Waals surface area contributed by atoms with E-state index in [2.05, 4.69) is 21.4 Å². The van der Waals surface area contributed by atoms with Crippen molar-refractivity contribution in [2.75, 3.05) is 11.9 Å². The first-order valence-corrected chi connectivity index (χ1v) is 8.89. The number of nitrogens with zero attached hydrogens (tertiary/aromatic N) is 2. The molecule has 126 valence electrons. The largest absolute Gasteiger partial charge is 0.336 e. The van der Waals surface area contributed by atoms with Crippen molar-refractivity contribution >= 4 is 11.7 Å². The number of carbonyl (C=O) groups excluding carboxylic acids is 1. The lowest BCUT2D eigenvalue weighted by Crippen LogP contribution is -2.32. The predicted octanol–water partition coefficient (Wildman–Crippen LogP) is 3.77. The standard InChI is InChI=1S/C19H24N4O/c1-13-4-2-3-5-16(13)21-19(24)20-10-11-23-18(15-8-9-15)12-17(22-23)14-6-7-14/h2-5,12,14-15H,6-11H2,1H3,(H2,20,21,24). The molecule has 2 aromatic rings. The lowest BCUT2D eigenvalue weighted by molar-refractivity contribution is 0.251. The molecule has 0 atom stereocenters. The van der Waals surface area contributed by atoms with Gasteiger partial charge in [-0.2, -0.15) is 5.10 Å². The second-order valence-electron chi connectivity index (χ2n) is 6.96. The second kappa shape index (κ2) is 6.30. The molecule has 0 aliphatic heterocycles. The topological polar surface area (TPSA) is 59.0 Å². The molecule has 1 aromatic carbocycles. The molecular weight excluding hydrogens is 300 g/mol. The van der Waals surface area contributed by atoms with Gasteiger partial charge in [-0.25, -0.2) is 4.79 Å². The first-order chi connectivity index (χ1) is 11.7. The second-order valence-corrected chi connectivity index (χ2v) is 6.96. The third-order valence-electron chi connectivity index (χ3n) is 4.82. The number of amides is 2. The molecule has 0 spiro atoms. The van der Waals surface area contributed by atoms with Gasteiger partial charge >= 0.3 is 6.03 Å². The zero-order valence-electron chi connectivity index (χ0n) is 14.1. The molecule has 5 nitrogen and oxygen atoms in total. The van der Waals surface area contributed by atoms with E-state index in [-0.39, 0.29) is 6.03 Å². The Kier molecular flexibility index (Phi) is 4.00. The number of urea groups is 1. The van der Waals surface area contributed by atoms with Crippen LogP contribution >= 0.6 is 0 Å². The summed E-state index contributed by atoms with van der Waals surface area (Å²) in [5.74, 6) is 1.37. The Labute approximate surface area is 142 Å². The summed E-state index contributed by atoms with van der Waals surface area (Å²) in [6.07, 6.45) is 5.10. The summed E-state index contributed by atoms with van der Waals surface area (Å²) in [5, 5.41) is 10.6. The van der Waals surface area contributed by atoms with E-state index >= 15 is 0 Å². The number of para-hydroxylation sites is 1. The smallest absolute Gasteiger partial charge is 0.319 e. The summed E-state index contributed by atoms with van der Waals surface area (Å²) >= 11 is 0. The minimum Gasteiger partial charge on any atom is -0.336 e. The van der Waals surface area contributed by atoms with E-state index in [9.17, 15) is 4.79 Å². The van der Waals surface area contributed by atoms with Crippen molar-refractivity contribution in [3.05, 3.63) is 47.3 Å². The highest BCUT2D eigenvalue weighted by atomic mass is 16.2. The van der Waals surface area contributed by atoms with E-state index in [1.165, 1.54) is 37.1 Å². The Morgan fingerprint density at radius 1 is 1.21 bits per heavy atom. The van der Waals surface area contributed by atoms with Crippen molar-refractivity contribution in [3.8, 4) is 0 Å². The zero-order valence-corrected chi connectivity index (χ0v) is 14.1. The van der Waals surface area contributed by atoms with Gasteiger partial charge < -0.3 is 10.6 Å². The van der Waals surface area contributed by atoms with Gasteiger partial charge in [0, 0.05) is 29.8 Å². The summed E-state index contributed by atoms with van der Waals surface area (Å²) in [6.45, 7) is 3.31. The van der Waals surface area contributed by atoms with Crippen LogP contribution in [0.3, 0.4) is 0 Å². The van der Waals surface area contributed by atoms with Crippen LogP contribution in [-0.2, 0) is 6.54 Å². The molecule has 2 fully saturated rings. The van der Waals surface area contributed by atoms with Crippen molar-refractivity contribution < 1.29 is 4.79 Å². The zero-order chi connectivity index (χ0) is 16.5. The highest BCUT2D eigenvalue weighted by Crippen LogP contribution is 2.44. The number of aryl methyl sites for hydroxylation is 1. The average molecular weight is 324 g/mol. The summed E-state index contributed by atoms with van der Waals surface area (Å²) in [6, 6.07) is 9.92. The monoisotopic (exact) mass is 324 g/mol. The number of hydrogen-bond donors (Lipinski definition) is 2. The van der Waals surface area contributed by atoms with Crippen molar-refractivity contribution in [3.63, 3.8) is 0 Å². The Hall–Kier alpha value is -2.30. The molecule has 0 radical (unpaired) electrons. The SMILES string of the molecule is Cc1ccccc1NC(=O)NCCn1nc(C2CC2)cc1C1CC1. The van der Waals surface area contributed by atoms with Gasteiger partial charge in [0.1, 0.15) is 0 Å². The highest BCUT2D eigenvalue weighted by Gasteiger charge is 2.32. The van der Waals surface area contributed by atoms with Crippen LogP contribution in [0.5, 0.6) is 0 Å². The van der Waals surface area contributed by atoms with Gasteiger partial charge in [-0.1, -0.05) is 18.2 Å². The van der Waals surface area contributed by atoms with Gasteiger partial charge in [0.25, 0.3) is 0 Å². The van der Waals surface area contributed by atoms with Crippen LogP contribution in [0.4, 0.5) is 10.5 Å². The molecule has 24 heavy (non-hydrogen) atoms. The van der Waals surface area contributed by atoms with Crippen LogP contribution in [0.25, 0.3) is 0 Å². The molecule has 2 aliphatic carbocycles. The fraction of sp³-hybridized carbons (Fsp3) is 0.474. The quantitative estimate of drug-likeness (QED) is 0.850. The molecular formula is C19H24N4O. The Morgan fingerprint density at radius 2 is 1.96 bits per heavy atom. The minimum atomic E-state index is -0.160. The molecule has 0 unspecified atom stereocenters. The average Bonchev–Trinajstić information content (AvgIpc) is 3.48. The Bertz CT molecular complexity index is 744. The molecule has 2 N–H and O–H groups in total. The number of anilines is 1. The first-order valence-electron chi connectivity index (χ1n) is 8.89. The summed E-state index contributed by atoms with van der Waals surface area (Å²) < 4.78 is 2.11. The molecule has 1 aromatic heterocycles. The number of benzene rings is 1. The van der Waals surface area contributed by atoms with Gasteiger partial charge in [0.05, 0.1) is 12.2 Å². The summed E-state index contributed by atoms with van der Waals surface area (Å²) in [7, 11) is 0. The van der Waals surface area contributed by atoms with E-state index in [1.807, 2.05) is 31.2 Å². The third-order valence-corrected chi connectivity index (χ3v) is 4.82. The van der Waals surface area contributed by atoms with Crippen molar-refractivity contribution in [1.29, 1.82) is 0 Å². The molecule has 2 aliphatic rings. The fourth-order valence-electron chi connectivity index (χ4n) is 3.07. The van der Waals surface area contributed by atoms with Crippen LogP contribution < -0.4 is 10.6 Å².